The summed E-state index contributed by atoms with van der Waals surface area (Å²) in [7, 11) is 0. The molecule has 9 aromatic carbocycles. The van der Waals surface area contributed by atoms with Crippen LogP contribution in [0.5, 0.6) is 46.0 Å². The molecular weight excluding hydrogens is 1310 g/mol. The smallest absolute Gasteiger partial charge is 0.261 e. The van der Waals surface area contributed by atoms with Gasteiger partial charge < -0.3 is 18.9 Å². The van der Waals surface area contributed by atoms with Gasteiger partial charge in [-0.3, -0.25) is 29.0 Å². The molecule has 4 amide bonds. The normalized spacial score (nSPS) is 14.3. The van der Waals surface area contributed by atoms with Gasteiger partial charge >= 0.3 is 0 Å². The number of unbranched alkanes of at least 4 members (excludes halogenated alkanes) is 10. The van der Waals surface area contributed by atoms with Gasteiger partial charge in [-0.2, -0.15) is 0 Å². The molecule has 0 N–H and O–H groups in total. The second-order valence-corrected chi connectivity index (χ2v) is 38.7. The number of amides is 4. The van der Waals surface area contributed by atoms with E-state index in [1.807, 2.05) is 72.8 Å². The first-order valence-electron chi connectivity index (χ1n) is 39.8. The highest BCUT2D eigenvalue weighted by molar-refractivity contribution is 6.44. The molecule has 2 heterocycles. The van der Waals surface area contributed by atoms with Gasteiger partial charge in [0.25, 0.3) is 23.6 Å². The van der Waals surface area contributed by atoms with Crippen LogP contribution in [0.1, 0.15) is 319 Å². The zero-order valence-corrected chi connectivity index (χ0v) is 68.4. The third-order valence-corrected chi connectivity index (χ3v) is 21.9. The van der Waals surface area contributed by atoms with Gasteiger partial charge in [-0.25, -0.2) is 0 Å². The van der Waals surface area contributed by atoms with Crippen molar-refractivity contribution in [2.45, 2.75) is 277 Å². The van der Waals surface area contributed by atoms with E-state index in [2.05, 4.69) is 201 Å². The highest BCUT2D eigenvalue weighted by Gasteiger charge is 2.43. The van der Waals surface area contributed by atoms with Gasteiger partial charge in [-0.1, -0.05) is 265 Å². The summed E-state index contributed by atoms with van der Waals surface area (Å²) in [5.74, 6) is 1.61. The minimum absolute atomic E-state index is 0.0540. The van der Waals surface area contributed by atoms with E-state index >= 15 is 19.2 Å². The number of carbonyl (C=O) groups excluding carboxylic acids is 4. The van der Waals surface area contributed by atoms with E-state index in [4.69, 9.17) is 18.9 Å². The minimum atomic E-state index is -0.426. The Morgan fingerprint density at radius 1 is 0.255 bits per heavy atom. The Labute approximate surface area is 634 Å². The molecule has 0 unspecified atom stereocenters. The van der Waals surface area contributed by atoms with Crippen molar-refractivity contribution in [2.75, 3.05) is 13.1 Å². The van der Waals surface area contributed by atoms with Gasteiger partial charge in [0.15, 0.2) is 0 Å². The highest BCUT2D eigenvalue weighted by atomic mass is 16.5. The van der Waals surface area contributed by atoms with Crippen molar-refractivity contribution < 1.29 is 38.1 Å². The number of nitrogens with zero attached hydrogens (tertiary/aromatic N) is 2. The van der Waals surface area contributed by atoms with E-state index in [0.717, 1.165) is 112 Å². The first-order valence-corrected chi connectivity index (χ1v) is 39.8. The minimum Gasteiger partial charge on any atom is -0.457 e. The van der Waals surface area contributed by atoms with Crippen LogP contribution in [0.25, 0.3) is 43.1 Å². The maximum absolute atomic E-state index is 16.0. The number of carbonyl (C=O) groups is 4. The molecule has 0 spiro atoms. The molecule has 0 saturated carbocycles. The highest BCUT2D eigenvalue weighted by Crippen LogP contribution is 2.59. The molecule has 0 fully saturated rings. The molecule has 564 valence electrons. The van der Waals surface area contributed by atoms with Crippen molar-refractivity contribution in [1.29, 1.82) is 0 Å². The standard InChI is InChI=1S/C96H122N2O8/c1-23-25-27-29-31-33-51-97-85(99)69-53-73(103-65-43-35-61(36-44-65)93(15,16)57-89(3,4)5)79-81-75(105-67-47-39-63(40-48-67)95(19,20)59-91(9,10)11)55-71-78-72(88(102)98(87(71)101)52-34-32-30-28-26-24-2)56-76(106-68-49-41-64(42-50-68)96(21,22)60-92(12,13)14)82(84(78)81)80-74(54-70(86(97)100)77(69)83(79)80)104-66-45-37-62(38-46-66)94(17,18)58-90(6,7)8/h35-50,53-56H,23-34,51-52,57-60H2,1-22H3. The van der Waals surface area contributed by atoms with E-state index in [0.29, 0.717) is 124 Å². The molecular formula is C96H122N2O8. The number of hydrogen-bond donors (Lipinski definition) is 0. The predicted octanol–water partition coefficient (Wildman–Crippen LogP) is 27.7. The third kappa shape index (κ3) is 17.2. The van der Waals surface area contributed by atoms with E-state index in [9.17, 15) is 0 Å². The van der Waals surface area contributed by atoms with Crippen molar-refractivity contribution >= 4 is 66.7 Å². The van der Waals surface area contributed by atoms with Crippen LogP contribution in [0, 0.1) is 21.7 Å². The zero-order chi connectivity index (χ0) is 77.0. The molecule has 0 aliphatic carbocycles. The number of hydrogen-bond acceptors (Lipinski definition) is 8. The Morgan fingerprint density at radius 2 is 0.453 bits per heavy atom. The van der Waals surface area contributed by atoms with Gasteiger partial charge in [0.05, 0.1) is 22.3 Å². The van der Waals surface area contributed by atoms with Crippen molar-refractivity contribution in [3.05, 3.63) is 166 Å². The molecule has 2 aliphatic rings. The Bertz CT molecular complexity index is 4140. The van der Waals surface area contributed by atoms with Crippen molar-refractivity contribution in [3.63, 3.8) is 0 Å². The third-order valence-electron chi connectivity index (χ3n) is 21.9. The lowest BCUT2D eigenvalue weighted by atomic mass is 9.72. The van der Waals surface area contributed by atoms with Crippen LogP contribution in [-0.4, -0.2) is 46.5 Å². The van der Waals surface area contributed by atoms with Crippen LogP contribution in [0.2, 0.25) is 0 Å². The van der Waals surface area contributed by atoms with Crippen LogP contribution in [0.15, 0.2) is 121 Å². The fourth-order valence-corrected chi connectivity index (χ4v) is 18.6. The van der Waals surface area contributed by atoms with Crippen LogP contribution >= 0.6 is 0 Å². The molecule has 10 nitrogen and oxygen atoms in total. The topological polar surface area (TPSA) is 112 Å². The van der Waals surface area contributed by atoms with Gasteiger partial charge in [0.2, 0.25) is 0 Å². The first-order chi connectivity index (χ1) is 49.6. The zero-order valence-electron chi connectivity index (χ0n) is 68.4. The van der Waals surface area contributed by atoms with Crippen molar-refractivity contribution in [2.24, 2.45) is 21.7 Å². The number of rotatable bonds is 30. The maximum atomic E-state index is 16.0. The number of fused-ring (bicyclic) bond motifs is 2. The second kappa shape index (κ2) is 30.1. The lowest BCUT2D eigenvalue weighted by molar-refractivity contribution is 0.0592. The lowest BCUT2D eigenvalue weighted by Crippen LogP contribution is -2.41. The average Bonchev–Trinajstić information content (AvgIpc) is 0.672. The molecule has 9 aromatic rings. The largest absolute Gasteiger partial charge is 0.457 e. The van der Waals surface area contributed by atoms with E-state index in [-0.39, 0.29) is 56.4 Å². The summed E-state index contributed by atoms with van der Waals surface area (Å²) in [4.78, 5) is 67.0. The molecule has 11 rings (SSSR count). The summed E-state index contributed by atoms with van der Waals surface area (Å²) in [6.45, 7) is 50.3. The number of benzene rings is 9. The Balaban J connectivity index is 1.29. The maximum Gasteiger partial charge on any atom is 0.261 e. The van der Waals surface area contributed by atoms with Gasteiger partial charge in [-0.15, -0.1) is 0 Å². The Hall–Kier alpha value is -8.24. The fourth-order valence-electron chi connectivity index (χ4n) is 18.6. The molecule has 0 bridgehead atoms. The first kappa shape index (κ1) is 78.8. The molecule has 0 aromatic heterocycles. The Morgan fingerprint density at radius 3 is 0.651 bits per heavy atom. The van der Waals surface area contributed by atoms with E-state index in [1.54, 1.807) is 0 Å². The summed E-state index contributed by atoms with van der Waals surface area (Å²) >= 11 is 0. The molecule has 106 heavy (non-hydrogen) atoms. The number of ether oxygens (including phenoxy) is 4. The summed E-state index contributed by atoms with van der Waals surface area (Å²) in [5.41, 5.74) is 5.26. The van der Waals surface area contributed by atoms with Gasteiger partial charge in [0.1, 0.15) is 46.0 Å². The van der Waals surface area contributed by atoms with Crippen LogP contribution < -0.4 is 18.9 Å². The fraction of sp³-hybridized carbons (Fsp3) is 0.500. The quantitative estimate of drug-likeness (QED) is 0.0189. The van der Waals surface area contributed by atoms with Crippen molar-refractivity contribution in [3.8, 4) is 46.0 Å². The molecule has 0 saturated heterocycles. The summed E-state index contributed by atoms with van der Waals surface area (Å²) < 4.78 is 30.0. The average molecular weight is 1430 g/mol. The summed E-state index contributed by atoms with van der Waals surface area (Å²) in [5, 5.41) is 3.89. The van der Waals surface area contributed by atoms with Crippen molar-refractivity contribution in [1.82, 2.24) is 9.80 Å². The molecule has 10 heteroatoms. The number of imide groups is 2. The second-order valence-electron chi connectivity index (χ2n) is 38.7. The monoisotopic (exact) mass is 1430 g/mol. The summed E-state index contributed by atoms with van der Waals surface area (Å²) in [6.07, 6.45) is 15.3. The van der Waals surface area contributed by atoms with Crippen LogP contribution in [0.4, 0.5) is 0 Å². The molecule has 0 radical (unpaired) electrons. The summed E-state index contributed by atoms with van der Waals surface area (Å²) in [6, 6.07) is 40.3. The van der Waals surface area contributed by atoms with E-state index in [1.165, 1.54) is 9.80 Å². The molecule has 0 atom stereocenters. The predicted molar refractivity (Wildman–Crippen MR) is 440 cm³/mol. The Kier molecular flexibility index (Phi) is 22.4. The van der Waals surface area contributed by atoms with Gasteiger partial charge in [-0.05, 0) is 177 Å². The SMILES string of the molecule is CCCCCCCCN1C(=O)c2cc(Oc3ccc(C(C)(C)CC(C)(C)C)cc3)c3c4c(Oc5ccc(C(C)(C)CC(C)(C)C)cc5)cc5c6c(cc(Oc7ccc(C(C)(C)CC(C)(C)C)cc7)c(c7c(Oc8ccc(C(C)(C)CC(C)(C)C)cc8)cc(c2c37)C1=O)c64)C(=O)N(CCCCCCCC)C5=O. The van der Waals surface area contributed by atoms with Gasteiger partial charge in [0, 0.05) is 56.2 Å². The van der Waals surface area contributed by atoms with Crippen LogP contribution in [0.3, 0.4) is 0 Å². The molecule has 2 aliphatic heterocycles. The lowest BCUT2D eigenvalue weighted by Gasteiger charge is -2.33. The van der Waals surface area contributed by atoms with Crippen LogP contribution in [-0.2, 0) is 21.7 Å². The van der Waals surface area contributed by atoms with E-state index < -0.39 is 23.6 Å².